The van der Waals surface area contributed by atoms with Crippen LogP contribution in [-0.2, 0) is 25.6 Å². The predicted molar refractivity (Wildman–Crippen MR) is 71.8 cm³/mol. The molecule has 0 bridgehead atoms. The molecule has 1 heterocycles. The van der Waals surface area contributed by atoms with Crippen molar-refractivity contribution in [2.24, 2.45) is 0 Å². The van der Waals surface area contributed by atoms with Gasteiger partial charge in [-0.1, -0.05) is 37.3 Å². The Balaban J connectivity index is 1.50. The molecule has 2 unspecified atom stereocenters. The second kappa shape index (κ2) is 8.27. The Morgan fingerprint density at radius 2 is 2.00 bits per heavy atom. The number of ether oxygens (including phenoxy) is 4. The van der Waals surface area contributed by atoms with Gasteiger partial charge in [0.25, 0.3) is 0 Å². The molecule has 4 nitrogen and oxygen atoms in total. The zero-order chi connectivity index (χ0) is 13.3. The average Bonchev–Trinajstić information content (AvgIpc) is 3.27. The summed E-state index contributed by atoms with van der Waals surface area (Å²) >= 11 is 0. The van der Waals surface area contributed by atoms with Gasteiger partial charge in [-0.25, -0.2) is 0 Å². The minimum atomic E-state index is -0.149. The maximum absolute atomic E-state index is 5.60. The third kappa shape index (κ3) is 6.16. The SMILES string of the molecule is CCC(OCCOCc1ccccc1)OCC1CO1. The summed E-state index contributed by atoms with van der Waals surface area (Å²) in [6.45, 7) is 5.24. The van der Waals surface area contributed by atoms with Gasteiger partial charge in [0, 0.05) is 0 Å². The van der Waals surface area contributed by atoms with Crippen molar-refractivity contribution < 1.29 is 18.9 Å². The Morgan fingerprint density at radius 1 is 1.21 bits per heavy atom. The highest BCUT2D eigenvalue weighted by Gasteiger charge is 2.24. The highest BCUT2D eigenvalue weighted by atomic mass is 16.7. The molecule has 0 amide bonds. The van der Waals surface area contributed by atoms with Gasteiger partial charge < -0.3 is 18.9 Å². The summed E-state index contributed by atoms with van der Waals surface area (Å²) in [5, 5.41) is 0. The van der Waals surface area contributed by atoms with Crippen molar-refractivity contribution in [2.75, 3.05) is 26.4 Å². The molecule has 106 valence electrons. The fraction of sp³-hybridized carbons (Fsp3) is 0.600. The maximum atomic E-state index is 5.60. The summed E-state index contributed by atoms with van der Waals surface area (Å²) in [4.78, 5) is 0. The topological polar surface area (TPSA) is 40.2 Å². The third-order valence-corrected chi connectivity index (χ3v) is 2.85. The third-order valence-electron chi connectivity index (χ3n) is 2.85. The predicted octanol–water partition coefficient (Wildman–Crippen LogP) is 2.37. The first-order valence-corrected chi connectivity index (χ1v) is 6.85. The largest absolute Gasteiger partial charge is 0.374 e. The Bertz CT molecular complexity index is 337. The minimum Gasteiger partial charge on any atom is -0.374 e. The monoisotopic (exact) mass is 266 g/mol. The molecule has 0 N–H and O–H groups in total. The van der Waals surface area contributed by atoms with Gasteiger partial charge in [-0.2, -0.15) is 0 Å². The maximum Gasteiger partial charge on any atom is 0.157 e. The van der Waals surface area contributed by atoms with E-state index in [1.165, 1.54) is 5.56 Å². The normalized spacial score (nSPS) is 19.3. The van der Waals surface area contributed by atoms with E-state index in [2.05, 4.69) is 12.1 Å². The molecule has 19 heavy (non-hydrogen) atoms. The van der Waals surface area contributed by atoms with Gasteiger partial charge in [-0.05, 0) is 12.0 Å². The van der Waals surface area contributed by atoms with Crippen molar-refractivity contribution in [1.82, 2.24) is 0 Å². The van der Waals surface area contributed by atoms with Gasteiger partial charge in [0.15, 0.2) is 6.29 Å². The lowest BCUT2D eigenvalue weighted by Gasteiger charge is -2.16. The van der Waals surface area contributed by atoms with E-state index in [1.54, 1.807) is 0 Å². The van der Waals surface area contributed by atoms with E-state index >= 15 is 0 Å². The van der Waals surface area contributed by atoms with Crippen molar-refractivity contribution in [1.29, 1.82) is 0 Å². The van der Waals surface area contributed by atoms with Gasteiger partial charge in [0.1, 0.15) is 6.10 Å². The first-order valence-electron chi connectivity index (χ1n) is 6.85. The standard InChI is InChI=1S/C15H22O4/c1-2-15(19-12-14-11-18-14)17-9-8-16-10-13-6-4-3-5-7-13/h3-7,14-15H,2,8-12H2,1H3. The van der Waals surface area contributed by atoms with E-state index in [0.29, 0.717) is 26.4 Å². The molecule has 0 aliphatic carbocycles. The highest BCUT2D eigenvalue weighted by Crippen LogP contribution is 2.11. The Labute approximate surface area is 114 Å². The van der Waals surface area contributed by atoms with Crippen LogP contribution in [0.1, 0.15) is 18.9 Å². The number of hydrogen-bond acceptors (Lipinski definition) is 4. The van der Waals surface area contributed by atoms with Crippen molar-refractivity contribution in [3.63, 3.8) is 0 Å². The van der Waals surface area contributed by atoms with Crippen LogP contribution in [0, 0.1) is 0 Å². The second-order valence-corrected chi connectivity index (χ2v) is 4.54. The first-order chi connectivity index (χ1) is 9.38. The van der Waals surface area contributed by atoms with Crippen LogP contribution in [0.25, 0.3) is 0 Å². The molecule has 2 atom stereocenters. The second-order valence-electron chi connectivity index (χ2n) is 4.54. The van der Waals surface area contributed by atoms with E-state index in [1.807, 2.05) is 25.1 Å². The molecule has 1 aliphatic heterocycles. The molecule has 1 saturated heterocycles. The summed E-state index contributed by atoms with van der Waals surface area (Å²) < 4.78 is 21.8. The van der Waals surface area contributed by atoms with E-state index < -0.39 is 0 Å². The van der Waals surface area contributed by atoms with Crippen molar-refractivity contribution in [3.05, 3.63) is 35.9 Å². The van der Waals surface area contributed by atoms with Crippen LogP contribution in [0.4, 0.5) is 0 Å². The van der Waals surface area contributed by atoms with Crippen molar-refractivity contribution in [3.8, 4) is 0 Å². The van der Waals surface area contributed by atoms with Crippen LogP contribution in [-0.4, -0.2) is 38.8 Å². The van der Waals surface area contributed by atoms with Gasteiger partial charge in [0.2, 0.25) is 0 Å². The van der Waals surface area contributed by atoms with E-state index in [4.69, 9.17) is 18.9 Å². The quantitative estimate of drug-likeness (QED) is 0.370. The molecule has 1 aliphatic rings. The van der Waals surface area contributed by atoms with Crippen LogP contribution in [0.15, 0.2) is 30.3 Å². The Hall–Kier alpha value is -0.940. The van der Waals surface area contributed by atoms with Crippen molar-refractivity contribution >= 4 is 0 Å². The summed E-state index contributed by atoms with van der Waals surface area (Å²) in [6.07, 6.45) is 0.974. The lowest BCUT2D eigenvalue weighted by atomic mass is 10.2. The van der Waals surface area contributed by atoms with Gasteiger partial charge >= 0.3 is 0 Å². The molecule has 4 heteroatoms. The molecule has 0 aromatic heterocycles. The van der Waals surface area contributed by atoms with Crippen LogP contribution in [0.3, 0.4) is 0 Å². The lowest BCUT2D eigenvalue weighted by Crippen LogP contribution is -2.21. The van der Waals surface area contributed by atoms with Crippen LogP contribution < -0.4 is 0 Å². The molecule has 0 spiro atoms. The van der Waals surface area contributed by atoms with Crippen LogP contribution in [0.2, 0.25) is 0 Å². The molecule has 2 rings (SSSR count). The van der Waals surface area contributed by atoms with Crippen LogP contribution in [0.5, 0.6) is 0 Å². The molecule has 1 aromatic carbocycles. The summed E-state index contributed by atoms with van der Waals surface area (Å²) in [6, 6.07) is 10.1. The highest BCUT2D eigenvalue weighted by molar-refractivity contribution is 5.13. The molecular weight excluding hydrogens is 244 g/mol. The fourth-order valence-electron chi connectivity index (χ4n) is 1.67. The number of epoxide rings is 1. The molecule has 0 saturated carbocycles. The number of hydrogen-bond donors (Lipinski definition) is 0. The Kier molecular flexibility index (Phi) is 6.30. The van der Waals surface area contributed by atoms with E-state index in [-0.39, 0.29) is 12.4 Å². The average molecular weight is 266 g/mol. The molecule has 1 fully saturated rings. The summed E-state index contributed by atoms with van der Waals surface area (Å²) in [7, 11) is 0. The van der Waals surface area contributed by atoms with E-state index in [0.717, 1.165) is 13.0 Å². The molecular formula is C15H22O4. The number of benzene rings is 1. The van der Waals surface area contributed by atoms with Crippen LogP contribution >= 0.6 is 0 Å². The number of rotatable bonds is 10. The minimum absolute atomic E-state index is 0.149. The van der Waals surface area contributed by atoms with E-state index in [9.17, 15) is 0 Å². The zero-order valence-electron chi connectivity index (χ0n) is 11.4. The Morgan fingerprint density at radius 3 is 2.68 bits per heavy atom. The molecule has 1 aromatic rings. The van der Waals surface area contributed by atoms with Gasteiger partial charge in [-0.15, -0.1) is 0 Å². The summed E-state index contributed by atoms with van der Waals surface area (Å²) in [5.74, 6) is 0. The zero-order valence-corrected chi connectivity index (χ0v) is 11.4. The molecule has 0 radical (unpaired) electrons. The van der Waals surface area contributed by atoms with Gasteiger partial charge in [-0.3, -0.25) is 0 Å². The first kappa shape index (κ1) is 14.5. The fourth-order valence-corrected chi connectivity index (χ4v) is 1.67. The van der Waals surface area contributed by atoms with Crippen molar-refractivity contribution in [2.45, 2.75) is 32.3 Å². The van der Waals surface area contributed by atoms with Gasteiger partial charge in [0.05, 0.1) is 33.0 Å². The smallest absolute Gasteiger partial charge is 0.157 e. The summed E-state index contributed by atoms with van der Waals surface area (Å²) in [5.41, 5.74) is 1.18. The lowest BCUT2D eigenvalue weighted by molar-refractivity contribution is -0.154.